The molecule has 0 spiro atoms. The molecule has 0 aliphatic carbocycles. The Morgan fingerprint density at radius 3 is 2.76 bits per heavy atom. The zero-order chi connectivity index (χ0) is 12.6. The van der Waals surface area contributed by atoms with E-state index in [2.05, 4.69) is 21.2 Å². The Morgan fingerprint density at radius 2 is 2.18 bits per heavy atom. The third kappa shape index (κ3) is 2.29. The van der Waals surface area contributed by atoms with Crippen molar-refractivity contribution in [1.82, 2.24) is 10.2 Å². The van der Waals surface area contributed by atoms with Crippen LogP contribution in [0.3, 0.4) is 0 Å². The maximum Gasteiger partial charge on any atom is 0.265 e. The van der Waals surface area contributed by atoms with E-state index >= 15 is 0 Å². The predicted octanol–water partition coefficient (Wildman–Crippen LogP) is 1.30. The molecule has 88 valence electrons. The molecule has 1 aliphatic heterocycles. The lowest BCUT2D eigenvalue weighted by atomic mass is 10.1. The van der Waals surface area contributed by atoms with Gasteiger partial charge in [0.15, 0.2) is 9.78 Å². The first kappa shape index (κ1) is 12.0. The van der Waals surface area contributed by atoms with Gasteiger partial charge in [0.1, 0.15) is 11.3 Å². The second kappa shape index (κ2) is 4.42. The van der Waals surface area contributed by atoms with Gasteiger partial charge in [0.2, 0.25) is 0 Å². The highest BCUT2D eigenvalue weighted by atomic mass is 79.9. The summed E-state index contributed by atoms with van der Waals surface area (Å²) in [5.74, 6) is -0.562. The van der Waals surface area contributed by atoms with Crippen molar-refractivity contribution in [2.75, 3.05) is 7.05 Å². The van der Waals surface area contributed by atoms with Gasteiger partial charge in [0, 0.05) is 7.05 Å². The van der Waals surface area contributed by atoms with Crippen LogP contribution in [0.25, 0.3) is 6.08 Å². The normalized spacial score (nSPS) is 18.8. The van der Waals surface area contributed by atoms with Crippen LogP contribution in [0.2, 0.25) is 0 Å². The minimum atomic E-state index is -0.523. The number of nitrogens with zero attached hydrogens (tertiary/aromatic N) is 1. The monoisotopic (exact) mass is 314 g/mol. The van der Waals surface area contributed by atoms with Crippen LogP contribution in [0.15, 0.2) is 26.8 Å². The molecule has 2 rings (SSSR count). The Labute approximate surface area is 111 Å². The number of likely N-dealkylation sites (N-methyl/N-ethyl adjacent to an activating group) is 1. The number of halogens is 1. The Morgan fingerprint density at radius 1 is 1.47 bits per heavy atom. The van der Waals surface area contributed by atoms with E-state index in [4.69, 9.17) is 16.6 Å². The number of thiocarbonyl (C=S) groups is 1. The molecule has 0 aromatic carbocycles. The van der Waals surface area contributed by atoms with Gasteiger partial charge in [-0.05, 0) is 46.4 Å². The summed E-state index contributed by atoms with van der Waals surface area (Å²) in [6.07, 6.45) is 1.38. The highest BCUT2D eigenvalue weighted by Crippen LogP contribution is 2.18. The molecule has 7 heteroatoms. The maximum atomic E-state index is 11.8. The van der Waals surface area contributed by atoms with E-state index < -0.39 is 11.8 Å². The van der Waals surface area contributed by atoms with Gasteiger partial charge in [-0.2, -0.15) is 0 Å². The average molecular weight is 315 g/mol. The smallest absolute Gasteiger partial charge is 0.265 e. The minimum absolute atomic E-state index is 0.0112. The van der Waals surface area contributed by atoms with Crippen molar-refractivity contribution in [3.05, 3.63) is 28.1 Å². The number of hydrogen-bond acceptors (Lipinski definition) is 4. The molecule has 1 fully saturated rings. The summed E-state index contributed by atoms with van der Waals surface area (Å²) >= 11 is 7.96. The number of carbonyl (C=O) groups excluding carboxylic acids is 2. The molecule has 0 unspecified atom stereocenters. The second-order valence-electron chi connectivity index (χ2n) is 3.32. The van der Waals surface area contributed by atoms with Crippen molar-refractivity contribution in [1.29, 1.82) is 0 Å². The largest absolute Gasteiger partial charge is 0.450 e. The molecule has 1 N–H and O–H groups in total. The van der Waals surface area contributed by atoms with Crippen molar-refractivity contribution in [3.63, 3.8) is 0 Å². The zero-order valence-corrected chi connectivity index (χ0v) is 11.1. The highest BCUT2D eigenvalue weighted by molar-refractivity contribution is 9.10. The summed E-state index contributed by atoms with van der Waals surface area (Å²) in [6, 6.07) is 3.32. The van der Waals surface area contributed by atoms with E-state index in [1.165, 1.54) is 18.0 Å². The van der Waals surface area contributed by atoms with E-state index in [9.17, 15) is 9.59 Å². The van der Waals surface area contributed by atoms with Gasteiger partial charge >= 0.3 is 0 Å². The molecular formula is C10H7BrN2O3S. The van der Waals surface area contributed by atoms with E-state index in [0.717, 1.165) is 0 Å². The number of carbonyl (C=O) groups is 2. The number of nitrogens with one attached hydrogen (secondary N) is 1. The van der Waals surface area contributed by atoms with Gasteiger partial charge in [-0.15, -0.1) is 0 Å². The fourth-order valence-electron chi connectivity index (χ4n) is 1.29. The lowest BCUT2D eigenvalue weighted by Crippen LogP contribution is -2.52. The summed E-state index contributed by atoms with van der Waals surface area (Å²) in [7, 11) is 1.50. The van der Waals surface area contributed by atoms with Crippen LogP contribution >= 0.6 is 28.1 Å². The summed E-state index contributed by atoms with van der Waals surface area (Å²) < 4.78 is 5.73. The molecule has 5 nitrogen and oxygen atoms in total. The Bertz CT molecular complexity index is 550. The van der Waals surface area contributed by atoms with Crippen LogP contribution in [0.4, 0.5) is 0 Å². The van der Waals surface area contributed by atoms with Crippen molar-refractivity contribution in [2.45, 2.75) is 0 Å². The molecular weight excluding hydrogens is 308 g/mol. The highest BCUT2D eigenvalue weighted by Gasteiger charge is 2.30. The molecule has 0 atom stereocenters. The molecule has 0 saturated carbocycles. The summed E-state index contributed by atoms with van der Waals surface area (Å²) in [5.41, 5.74) is -0.0112. The summed E-state index contributed by atoms with van der Waals surface area (Å²) in [4.78, 5) is 24.6. The second-order valence-corrected chi connectivity index (χ2v) is 4.49. The molecule has 0 radical (unpaired) electrons. The van der Waals surface area contributed by atoms with Gasteiger partial charge in [0.05, 0.1) is 0 Å². The topological polar surface area (TPSA) is 62.6 Å². The fraction of sp³-hybridized carbons (Fsp3) is 0.100. The first-order chi connectivity index (χ1) is 7.99. The molecule has 1 aromatic heterocycles. The summed E-state index contributed by atoms with van der Waals surface area (Å²) in [6.45, 7) is 0. The predicted molar refractivity (Wildman–Crippen MR) is 67.9 cm³/mol. The first-order valence-corrected chi connectivity index (χ1v) is 5.79. The van der Waals surface area contributed by atoms with Crippen LogP contribution in [-0.4, -0.2) is 28.9 Å². The average Bonchev–Trinajstić information content (AvgIpc) is 2.67. The minimum Gasteiger partial charge on any atom is -0.450 e. The van der Waals surface area contributed by atoms with Gasteiger partial charge in [-0.25, -0.2) is 0 Å². The lowest BCUT2D eigenvalue weighted by molar-refractivity contribution is -0.128. The third-order valence-electron chi connectivity index (χ3n) is 2.19. The van der Waals surface area contributed by atoms with Crippen LogP contribution in [0.5, 0.6) is 0 Å². The van der Waals surface area contributed by atoms with Crippen LogP contribution in [0.1, 0.15) is 5.76 Å². The Balaban J connectivity index is 2.37. The molecule has 17 heavy (non-hydrogen) atoms. The zero-order valence-electron chi connectivity index (χ0n) is 8.69. The number of hydrogen-bond donors (Lipinski definition) is 1. The quantitative estimate of drug-likeness (QED) is 0.482. The Kier molecular flexibility index (Phi) is 3.12. The van der Waals surface area contributed by atoms with E-state index in [-0.39, 0.29) is 10.7 Å². The van der Waals surface area contributed by atoms with Crippen molar-refractivity contribution in [3.8, 4) is 0 Å². The van der Waals surface area contributed by atoms with Crippen molar-refractivity contribution < 1.29 is 14.0 Å². The number of rotatable bonds is 1. The van der Waals surface area contributed by atoms with E-state index in [1.54, 1.807) is 12.1 Å². The van der Waals surface area contributed by atoms with Crippen molar-refractivity contribution in [2.24, 2.45) is 0 Å². The van der Waals surface area contributed by atoms with Crippen LogP contribution < -0.4 is 5.32 Å². The van der Waals surface area contributed by atoms with E-state index in [1.807, 2.05) is 0 Å². The van der Waals surface area contributed by atoms with Crippen molar-refractivity contribution >= 4 is 51.2 Å². The molecule has 1 saturated heterocycles. The molecule has 1 aromatic rings. The van der Waals surface area contributed by atoms with Gasteiger partial charge in [-0.1, -0.05) is 0 Å². The molecule has 0 bridgehead atoms. The van der Waals surface area contributed by atoms with Crippen LogP contribution in [-0.2, 0) is 9.59 Å². The number of furan rings is 1. The summed E-state index contributed by atoms with van der Waals surface area (Å²) in [5, 5.41) is 2.51. The van der Waals surface area contributed by atoms with Crippen LogP contribution in [0, 0.1) is 0 Å². The molecule has 2 heterocycles. The third-order valence-corrected chi connectivity index (χ3v) is 2.99. The molecule has 2 amide bonds. The Hall–Kier alpha value is -1.47. The lowest BCUT2D eigenvalue weighted by Gasteiger charge is -2.24. The van der Waals surface area contributed by atoms with E-state index in [0.29, 0.717) is 10.4 Å². The first-order valence-electron chi connectivity index (χ1n) is 4.59. The van der Waals surface area contributed by atoms with Gasteiger partial charge in [-0.3, -0.25) is 19.8 Å². The fourth-order valence-corrected chi connectivity index (χ4v) is 1.79. The SMILES string of the molecule is CN1C(=O)/C(=C/c2ccc(Br)o2)C(=O)NC1=S. The number of amides is 2. The van der Waals surface area contributed by atoms with Gasteiger partial charge < -0.3 is 4.42 Å². The van der Waals surface area contributed by atoms with Gasteiger partial charge in [0.25, 0.3) is 11.8 Å². The standard InChI is InChI=1S/C10H7BrN2O3S/c1-13-9(15)6(8(14)12-10(13)17)4-5-2-3-7(11)16-5/h2-4H,1H3,(H,12,14,17)/b6-4+. The maximum absolute atomic E-state index is 11.8. The molecule has 1 aliphatic rings.